The quantitative estimate of drug-likeness (QED) is 0.800. The Morgan fingerprint density at radius 3 is 2.83 bits per heavy atom. The number of rotatable bonds is 3. The van der Waals surface area contributed by atoms with Crippen molar-refractivity contribution in [1.82, 2.24) is 25.0 Å². The van der Waals surface area contributed by atoms with Crippen LogP contribution in [0.5, 0.6) is 0 Å². The fourth-order valence-corrected chi connectivity index (χ4v) is 4.45. The third kappa shape index (κ3) is 2.73. The highest BCUT2D eigenvalue weighted by Crippen LogP contribution is 2.20. The molecule has 0 spiro atoms. The van der Waals surface area contributed by atoms with E-state index in [1.807, 2.05) is 6.92 Å². The second kappa shape index (κ2) is 5.24. The molecule has 1 aromatic heterocycles. The maximum Gasteiger partial charge on any atom is 0.260 e. The van der Waals surface area contributed by atoms with Gasteiger partial charge in [0.05, 0.1) is 0 Å². The van der Waals surface area contributed by atoms with Gasteiger partial charge in [-0.05, 0) is 34.8 Å². The van der Waals surface area contributed by atoms with Crippen molar-refractivity contribution in [2.24, 2.45) is 13.0 Å². The van der Waals surface area contributed by atoms with Crippen molar-refractivity contribution in [3.63, 3.8) is 0 Å². The van der Waals surface area contributed by atoms with Gasteiger partial charge in [-0.15, -0.1) is 5.10 Å². The molecule has 1 saturated heterocycles. The van der Waals surface area contributed by atoms with Gasteiger partial charge in [0, 0.05) is 19.6 Å². The maximum atomic E-state index is 12.3. The van der Waals surface area contributed by atoms with Gasteiger partial charge >= 0.3 is 0 Å². The molecule has 0 unspecified atom stereocenters. The molecule has 0 bridgehead atoms. The van der Waals surface area contributed by atoms with E-state index >= 15 is 0 Å². The Hall–Kier alpha value is -0.510. The minimum absolute atomic E-state index is 0.0558. The number of piperidine rings is 1. The van der Waals surface area contributed by atoms with E-state index in [2.05, 4.69) is 36.3 Å². The van der Waals surface area contributed by atoms with Gasteiger partial charge in [0.2, 0.25) is 5.03 Å². The Morgan fingerprint density at radius 2 is 2.28 bits per heavy atom. The number of sulfonamides is 1. The monoisotopic (exact) mass is 337 g/mol. The molecule has 2 atom stereocenters. The van der Waals surface area contributed by atoms with Crippen LogP contribution >= 0.6 is 15.9 Å². The molecular formula is C9H16BrN5O2S. The molecule has 18 heavy (non-hydrogen) atoms. The molecule has 0 saturated carbocycles. The maximum absolute atomic E-state index is 12.3. The molecule has 1 aliphatic heterocycles. The van der Waals surface area contributed by atoms with Gasteiger partial charge in [-0.3, -0.25) is 0 Å². The zero-order valence-corrected chi connectivity index (χ0v) is 12.6. The van der Waals surface area contributed by atoms with Crippen LogP contribution in [0.25, 0.3) is 0 Å². The van der Waals surface area contributed by atoms with E-state index in [4.69, 9.17) is 0 Å². The summed E-state index contributed by atoms with van der Waals surface area (Å²) < 4.78 is 28.7. The lowest BCUT2D eigenvalue weighted by atomic mass is 9.96. The van der Waals surface area contributed by atoms with Crippen LogP contribution in [0.15, 0.2) is 9.63 Å². The van der Waals surface area contributed by atoms with Gasteiger partial charge < -0.3 is 5.32 Å². The molecule has 2 N–H and O–H groups in total. The smallest absolute Gasteiger partial charge is 0.260 e. The molecule has 2 rings (SSSR count). The summed E-state index contributed by atoms with van der Waals surface area (Å²) in [6.45, 7) is 3.62. The van der Waals surface area contributed by atoms with E-state index in [0.29, 0.717) is 12.5 Å². The van der Waals surface area contributed by atoms with Crippen molar-refractivity contribution in [3.8, 4) is 0 Å². The van der Waals surface area contributed by atoms with Crippen LogP contribution in [0.1, 0.15) is 13.3 Å². The van der Waals surface area contributed by atoms with Crippen LogP contribution in [0.3, 0.4) is 0 Å². The predicted octanol–water partition coefficient (Wildman–Crippen LogP) is -0.146. The second-order valence-electron chi connectivity index (χ2n) is 4.51. The number of aromatic nitrogens is 3. The van der Waals surface area contributed by atoms with Crippen molar-refractivity contribution in [1.29, 1.82) is 0 Å². The standard InChI is InChI=1S/C9H16BrN5O2S/c1-6-3-4-11-5-7(6)13-18(16,17)9-8(10)12-14-15(9)2/h6-7,11,13H,3-5H2,1-2H3/t6-,7+/m1/s1. The number of halogens is 1. The van der Waals surface area contributed by atoms with Gasteiger partial charge in [0.1, 0.15) is 0 Å². The first-order chi connectivity index (χ1) is 8.42. The highest BCUT2D eigenvalue weighted by Gasteiger charge is 2.30. The summed E-state index contributed by atoms with van der Waals surface area (Å²) in [5.74, 6) is 0.306. The van der Waals surface area contributed by atoms with E-state index in [1.54, 1.807) is 7.05 Å². The minimum atomic E-state index is -3.61. The average Bonchev–Trinajstić information content (AvgIpc) is 2.62. The molecule has 7 nitrogen and oxygen atoms in total. The topological polar surface area (TPSA) is 88.9 Å². The first kappa shape index (κ1) is 13.9. The van der Waals surface area contributed by atoms with Gasteiger partial charge in [0.15, 0.2) is 4.60 Å². The number of hydrogen-bond donors (Lipinski definition) is 2. The Labute approximate surface area is 115 Å². The lowest BCUT2D eigenvalue weighted by molar-refractivity contribution is 0.326. The fourth-order valence-electron chi connectivity index (χ4n) is 2.01. The molecule has 1 fully saturated rings. The van der Waals surface area contributed by atoms with E-state index in [-0.39, 0.29) is 15.7 Å². The molecule has 0 aliphatic carbocycles. The summed E-state index contributed by atoms with van der Waals surface area (Å²) in [5.41, 5.74) is 0. The van der Waals surface area contributed by atoms with E-state index in [0.717, 1.165) is 13.0 Å². The Kier molecular flexibility index (Phi) is 4.05. The number of nitrogens with zero attached hydrogens (tertiary/aromatic N) is 3. The lowest BCUT2D eigenvalue weighted by Crippen LogP contribution is -2.50. The van der Waals surface area contributed by atoms with Crippen molar-refractivity contribution in [2.45, 2.75) is 24.4 Å². The summed E-state index contributed by atoms with van der Waals surface area (Å²) in [6, 6.07) is -0.106. The third-order valence-electron chi connectivity index (χ3n) is 3.13. The zero-order chi connectivity index (χ0) is 13.3. The molecular weight excluding hydrogens is 322 g/mol. The lowest BCUT2D eigenvalue weighted by Gasteiger charge is -2.29. The molecule has 1 aromatic rings. The van der Waals surface area contributed by atoms with E-state index < -0.39 is 10.0 Å². The van der Waals surface area contributed by atoms with Crippen LogP contribution in [-0.4, -0.2) is 42.5 Å². The fraction of sp³-hybridized carbons (Fsp3) is 0.778. The summed E-state index contributed by atoms with van der Waals surface area (Å²) in [7, 11) is -2.06. The third-order valence-corrected chi connectivity index (χ3v) is 5.50. The molecule has 0 radical (unpaired) electrons. The van der Waals surface area contributed by atoms with Crippen LogP contribution in [-0.2, 0) is 17.1 Å². The average molecular weight is 338 g/mol. The molecule has 9 heteroatoms. The van der Waals surface area contributed by atoms with Gasteiger partial charge in [0.25, 0.3) is 10.0 Å². The first-order valence-corrected chi connectivity index (χ1v) is 7.97. The Bertz CT molecular complexity index is 510. The summed E-state index contributed by atoms with van der Waals surface area (Å²) >= 11 is 3.10. The van der Waals surface area contributed by atoms with Crippen LogP contribution in [0, 0.1) is 5.92 Å². The van der Waals surface area contributed by atoms with Crippen LogP contribution in [0.2, 0.25) is 0 Å². The Morgan fingerprint density at radius 1 is 1.56 bits per heavy atom. The van der Waals surface area contributed by atoms with Gasteiger partial charge in [-0.25, -0.2) is 17.8 Å². The molecule has 0 aromatic carbocycles. The largest absolute Gasteiger partial charge is 0.315 e. The van der Waals surface area contributed by atoms with Crippen molar-refractivity contribution < 1.29 is 8.42 Å². The van der Waals surface area contributed by atoms with Gasteiger partial charge in [-0.2, -0.15) is 0 Å². The van der Waals surface area contributed by atoms with Crippen molar-refractivity contribution in [3.05, 3.63) is 4.60 Å². The highest BCUT2D eigenvalue weighted by atomic mass is 79.9. The normalized spacial score (nSPS) is 25.3. The number of hydrogen-bond acceptors (Lipinski definition) is 5. The summed E-state index contributed by atoms with van der Waals surface area (Å²) in [5, 5.41) is 10.6. The highest BCUT2D eigenvalue weighted by molar-refractivity contribution is 9.10. The molecule has 1 aliphatic rings. The predicted molar refractivity (Wildman–Crippen MR) is 69.5 cm³/mol. The first-order valence-electron chi connectivity index (χ1n) is 5.70. The van der Waals surface area contributed by atoms with Crippen molar-refractivity contribution >= 4 is 26.0 Å². The molecule has 0 amide bonds. The zero-order valence-electron chi connectivity index (χ0n) is 10.2. The second-order valence-corrected chi connectivity index (χ2v) is 6.89. The number of aryl methyl sites for hydroxylation is 1. The minimum Gasteiger partial charge on any atom is -0.315 e. The van der Waals surface area contributed by atoms with Crippen molar-refractivity contribution in [2.75, 3.05) is 13.1 Å². The summed E-state index contributed by atoms with van der Waals surface area (Å²) in [6.07, 6.45) is 0.956. The van der Waals surface area contributed by atoms with Gasteiger partial charge in [-0.1, -0.05) is 12.1 Å². The molecule has 102 valence electrons. The van der Waals surface area contributed by atoms with E-state index in [1.165, 1.54) is 4.68 Å². The van der Waals surface area contributed by atoms with Crippen LogP contribution < -0.4 is 10.0 Å². The Balaban J connectivity index is 2.22. The SMILES string of the molecule is C[C@@H]1CCNC[C@@H]1NS(=O)(=O)c1c(Br)nnn1C. The summed E-state index contributed by atoms with van der Waals surface area (Å²) in [4.78, 5) is 0. The molecule has 2 heterocycles. The van der Waals surface area contributed by atoms with Crippen LogP contribution in [0.4, 0.5) is 0 Å². The van der Waals surface area contributed by atoms with E-state index in [9.17, 15) is 8.42 Å². The number of nitrogens with one attached hydrogen (secondary N) is 2.